The van der Waals surface area contributed by atoms with E-state index in [0.29, 0.717) is 54.2 Å². The molecule has 1 heterocycles. The van der Waals surface area contributed by atoms with Crippen LogP contribution in [0.2, 0.25) is 0 Å². The van der Waals surface area contributed by atoms with Crippen molar-refractivity contribution in [2.75, 3.05) is 33.9 Å². The van der Waals surface area contributed by atoms with E-state index in [-0.39, 0.29) is 55.5 Å². The summed E-state index contributed by atoms with van der Waals surface area (Å²) in [6.45, 7) is 9.02. The van der Waals surface area contributed by atoms with Crippen LogP contribution in [-0.4, -0.2) is 91.6 Å². The van der Waals surface area contributed by atoms with Crippen molar-refractivity contribution in [2.45, 2.75) is 85.0 Å². The van der Waals surface area contributed by atoms with Crippen molar-refractivity contribution in [1.29, 1.82) is 0 Å². The Bertz CT molecular complexity index is 1530. The normalized spacial score (nSPS) is 19.1. The standard InChI is InChI=1S/C37H53N5O9/c1-22(2)13-16-32(45)42-18-9-8-17-38-35(46)25-14-15-29(50-7)30(19-25)51-28-12-10-11-27(49-6)26(28)20-39-36(47)33(23(3)4)41-37(48)34(24(5)43)40-31(44)21-42/h10-12,14-15,19,22-24,33-34,43H,8-9,13,16-18,20-21H2,1-7H3,(H,38,46)(H,39,47)(H,40,44)(H,41,48)/t24-,33-,34+/m1/s1. The number of nitrogens with one attached hydrogen (secondary N) is 4. The van der Waals surface area contributed by atoms with Crippen LogP contribution in [0, 0.1) is 11.8 Å². The molecule has 0 saturated carbocycles. The summed E-state index contributed by atoms with van der Waals surface area (Å²) in [4.78, 5) is 68.0. The second-order valence-corrected chi connectivity index (χ2v) is 13.3. The molecule has 2 aromatic carbocycles. The van der Waals surface area contributed by atoms with E-state index < -0.39 is 35.9 Å². The van der Waals surface area contributed by atoms with E-state index in [2.05, 4.69) is 21.3 Å². The Balaban J connectivity index is 1.99. The predicted octanol–water partition coefficient (Wildman–Crippen LogP) is 2.91. The average molecular weight is 712 g/mol. The number of rotatable bonds is 7. The van der Waals surface area contributed by atoms with Crippen molar-refractivity contribution in [3.8, 4) is 23.0 Å². The summed E-state index contributed by atoms with van der Waals surface area (Å²) in [6, 6.07) is 7.47. The number of hydrogen-bond donors (Lipinski definition) is 5. The molecule has 0 radical (unpaired) electrons. The number of nitrogens with zero attached hydrogens (tertiary/aromatic N) is 1. The lowest BCUT2D eigenvalue weighted by Crippen LogP contribution is -2.59. The predicted molar refractivity (Wildman–Crippen MR) is 191 cm³/mol. The number of carbonyl (C=O) groups excluding carboxylic acids is 5. The van der Waals surface area contributed by atoms with Gasteiger partial charge in [-0.25, -0.2) is 0 Å². The molecule has 280 valence electrons. The van der Waals surface area contributed by atoms with Crippen LogP contribution in [0.1, 0.15) is 76.2 Å². The molecule has 2 aromatic rings. The average Bonchev–Trinajstić information content (AvgIpc) is 3.09. The largest absolute Gasteiger partial charge is 0.496 e. The first-order chi connectivity index (χ1) is 24.2. The summed E-state index contributed by atoms with van der Waals surface area (Å²) in [5, 5.41) is 21.5. The summed E-state index contributed by atoms with van der Waals surface area (Å²) in [5.74, 6) is -1.20. The summed E-state index contributed by atoms with van der Waals surface area (Å²) >= 11 is 0. The summed E-state index contributed by atoms with van der Waals surface area (Å²) in [7, 11) is 2.96. The zero-order chi connectivity index (χ0) is 37.7. The van der Waals surface area contributed by atoms with Crippen LogP contribution in [0.25, 0.3) is 0 Å². The maximum Gasteiger partial charge on any atom is 0.251 e. The molecular formula is C37H53N5O9. The molecule has 3 atom stereocenters. The van der Waals surface area contributed by atoms with Gasteiger partial charge in [-0.3, -0.25) is 24.0 Å². The minimum absolute atomic E-state index is 0.0585. The van der Waals surface area contributed by atoms with Crippen LogP contribution in [0.15, 0.2) is 36.4 Å². The molecule has 5 amide bonds. The van der Waals surface area contributed by atoms with Crippen molar-refractivity contribution in [2.24, 2.45) is 11.8 Å². The minimum atomic E-state index is -1.39. The van der Waals surface area contributed by atoms with E-state index in [1.807, 2.05) is 13.8 Å². The number of carbonyl (C=O) groups is 5. The molecule has 3 rings (SSSR count). The molecule has 0 fully saturated rings. The minimum Gasteiger partial charge on any atom is -0.496 e. The number of methoxy groups -OCH3 is 2. The van der Waals surface area contributed by atoms with Gasteiger partial charge in [0.25, 0.3) is 5.91 Å². The molecule has 0 saturated heterocycles. The number of amides is 5. The number of benzene rings is 2. The van der Waals surface area contributed by atoms with Crippen molar-refractivity contribution >= 4 is 29.5 Å². The Morgan fingerprint density at radius 3 is 2.27 bits per heavy atom. The highest BCUT2D eigenvalue weighted by molar-refractivity contribution is 5.95. The molecule has 14 heteroatoms. The first-order valence-electron chi connectivity index (χ1n) is 17.4. The highest BCUT2D eigenvalue weighted by Gasteiger charge is 2.32. The van der Waals surface area contributed by atoms with Crippen LogP contribution < -0.4 is 35.5 Å². The van der Waals surface area contributed by atoms with Gasteiger partial charge in [-0.2, -0.15) is 0 Å². The fourth-order valence-electron chi connectivity index (χ4n) is 5.48. The Morgan fingerprint density at radius 1 is 0.902 bits per heavy atom. The van der Waals surface area contributed by atoms with Gasteiger partial charge in [-0.05, 0) is 68.4 Å². The van der Waals surface area contributed by atoms with Crippen LogP contribution >= 0.6 is 0 Å². The van der Waals surface area contributed by atoms with E-state index >= 15 is 0 Å². The molecule has 14 nitrogen and oxygen atoms in total. The first-order valence-corrected chi connectivity index (χ1v) is 17.4. The van der Waals surface area contributed by atoms with E-state index in [1.54, 1.807) is 50.2 Å². The second kappa shape index (κ2) is 19.5. The van der Waals surface area contributed by atoms with Crippen LogP contribution in [0.4, 0.5) is 0 Å². The first kappa shape index (κ1) is 40.6. The van der Waals surface area contributed by atoms with Gasteiger partial charge in [0.1, 0.15) is 23.6 Å². The Labute approximate surface area is 300 Å². The van der Waals surface area contributed by atoms with Gasteiger partial charge in [0.2, 0.25) is 23.6 Å². The van der Waals surface area contributed by atoms with Crippen LogP contribution in [-0.2, 0) is 25.7 Å². The number of fused-ring (bicyclic) bond motifs is 3. The van der Waals surface area contributed by atoms with Crippen molar-refractivity contribution < 1.29 is 43.3 Å². The summed E-state index contributed by atoms with van der Waals surface area (Å²) in [5.41, 5.74) is 0.811. The zero-order valence-corrected chi connectivity index (χ0v) is 30.7. The van der Waals surface area contributed by atoms with Crippen molar-refractivity contribution in [3.63, 3.8) is 0 Å². The maximum atomic E-state index is 13.6. The van der Waals surface area contributed by atoms with Gasteiger partial charge in [0.05, 0.1) is 39.0 Å². The lowest BCUT2D eigenvalue weighted by Gasteiger charge is -2.28. The third kappa shape index (κ3) is 11.9. The van der Waals surface area contributed by atoms with Crippen molar-refractivity contribution in [1.82, 2.24) is 26.2 Å². The molecule has 0 unspecified atom stereocenters. The molecule has 0 spiro atoms. The summed E-state index contributed by atoms with van der Waals surface area (Å²) < 4.78 is 17.4. The molecule has 1 aliphatic heterocycles. The van der Waals surface area contributed by atoms with E-state index in [1.165, 1.54) is 26.0 Å². The lowest BCUT2D eigenvalue weighted by molar-refractivity contribution is -0.138. The highest BCUT2D eigenvalue weighted by Crippen LogP contribution is 2.37. The quantitative estimate of drug-likeness (QED) is 0.288. The Kier molecular flexibility index (Phi) is 15.5. The van der Waals surface area contributed by atoms with Crippen molar-refractivity contribution in [3.05, 3.63) is 47.5 Å². The molecule has 2 bridgehead atoms. The molecular weight excluding hydrogens is 658 g/mol. The third-order valence-corrected chi connectivity index (χ3v) is 8.49. The molecule has 51 heavy (non-hydrogen) atoms. The van der Waals surface area contributed by atoms with Gasteiger partial charge in [0, 0.05) is 25.1 Å². The number of hydrogen-bond acceptors (Lipinski definition) is 9. The third-order valence-electron chi connectivity index (χ3n) is 8.49. The van der Waals surface area contributed by atoms with E-state index in [4.69, 9.17) is 14.2 Å². The van der Waals surface area contributed by atoms with E-state index in [0.717, 1.165) is 0 Å². The van der Waals surface area contributed by atoms with Gasteiger partial charge in [-0.1, -0.05) is 33.8 Å². The van der Waals surface area contributed by atoms with Gasteiger partial charge in [0.15, 0.2) is 11.5 Å². The second-order valence-electron chi connectivity index (χ2n) is 13.3. The number of aliphatic hydroxyl groups excluding tert-OH is 1. The smallest absolute Gasteiger partial charge is 0.251 e. The van der Waals surface area contributed by atoms with E-state index in [9.17, 15) is 29.1 Å². The Hall–Kier alpha value is -4.85. The molecule has 5 N–H and O–H groups in total. The monoisotopic (exact) mass is 711 g/mol. The SMILES string of the molecule is COc1ccc2cc1Oc1cccc(OC)c1CNC(=O)[C@@H](C(C)C)NC(=O)[C@H]([C@@H](C)O)NC(=O)CN(C(=O)CCC(C)C)CCCCNC2=O. The van der Waals surface area contributed by atoms with Gasteiger partial charge < -0.3 is 45.5 Å². The maximum absolute atomic E-state index is 13.6. The molecule has 0 aromatic heterocycles. The molecule has 1 aliphatic rings. The topological polar surface area (TPSA) is 185 Å². The Morgan fingerprint density at radius 2 is 1.63 bits per heavy atom. The zero-order valence-electron chi connectivity index (χ0n) is 30.7. The van der Waals surface area contributed by atoms with Gasteiger partial charge >= 0.3 is 0 Å². The van der Waals surface area contributed by atoms with Gasteiger partial charge in [-0.15, -0.1) is 0 Å². The number of ether oxygens (including phenoxy) is 3. The molecule has 0 aliphatic carbocycles. The highest BCUT2D eigenvalue weighted by atomic mass is 16.5. The fourth-order valence-corrected chi connectivity index (χ4v) is 5.48. The summed E-state index contributed by atoms with van der Waals surface area (Å²) in [6.07, 6.45) is 0.573. The van der Waals surface area contributed by atoms with Crippen LogP contribution in [0.3, 0.4) is 0 Å². The number of aliphatic hydroxyl groups is 1. The fraction of sp³-hybridized carbons (Fsp3) is 0.541. The van der Waals surface area contributed by atoms with Crippen LogP contribution in [0.5, 0.6) is 23.0 Å². The lowest BCUT2D eigenvalue weighted by atomic mass is 10.0.